The molecule has 0 saturated heterocycles. The molecule has 14 heavy (non-hydrogen) atoms. The van der Waals surface area contributed by atoms with Gasteiger partial charge in [0.2, 0.25) is 5.91 Å². The lowest BCUT2D eigenvalue weighted by Crippen LogP contribution is -2.41. The van der Waals surface area contributed by atoms with E-state index in [9.17, 15) is 22.8 Å². The standard InChI is InChI=1S/C7H10F3NO3/c1-2-4(6(13)14)11-5(12)3-7(8,9)10/h4H,2-3H2,1H3,(H,11,12)(H,13,14)/t4-/m0/s1. The first-order valence-electron chi connectivity index (χ1n) is 3.85. The molecule has 0 aliphatic carbocycles. The monoisotopic (exact) mass is 213 g/mol. The Morgan fingerprint density at radius 1 is 1.43 bits per heavy atom. The van der Waals surface area contributed by atoms with Crippen molar-refractivity contribution in [1.29, 1.82) is 0 Å². The summed E-state index contributed by atoms with van der Waals surface area (Å²) >= 11 is 0. The zero-order chi connectivity index (χ0) is 11.4. The van der Waals surface area contributed by atoms with Crippen molar-refractivity contribution in [2.45, 2.75) is 32.0 Å². The molecule has 0 radical (unpaired) electrons. The Morgan fingerprint density at radius 3 is 2.21 bits per heavy atom. The van der Waals surface area contributed by atoms with Crippen LogP contribution >= 0.6 is 0 Å². The summed E-state index contributed by atoms with van der Waals surface area (Å²) in [7, 11) is 0. The van der Waals surface area contributed by atoms with Gasteiger partial charge in [0.15, 0.2) is 0 Å². The van der Waals surface area contributed by atoms with Gasteiger partial charge in [-0.2, -0.15) is 13.2 Å². The van der Waals surface area contributed by atoms with Crippen LogP contribution in [0.25, 0.3) is 0 Å². The zero-order valence-electron chi connectivity index (χ0n) is 7.39. The highest BCUT2D eigenvalue weighted by Gasteiger charge is 2.32. The summed E-state index contributed by atoms with van der Waals surface area (Å²) in [6.45, 7) is 1.45. The van der Waals surface area contributed by atoms with E-state index in [1.165, 1.54) is 6.92 Å². The molecule has 0 unspecified atom stereocenters. The number of aliphatic carboxylic acids is 1. The maximum atomic E-state index is 11.7. The minimum atomic E-state index is -4.61. The van der Waals surface area contributed by atoms with Gasteiger partial charge in [-0.25, -0.2) is 4.79 Å². The van der Waals surface area contributed by atoms with Crippen molar-refractivity contribution in [3.63, 3.8) is 0 Å². The van der Waals surface area contributed by atoms with Crippen molar-refractivity contribution < 1.29 is 27.9 Å². The molecule has 0 saturated carbocycles. The number of amides is 1. The normalized spacial score (nSPS) is 13.4. The number of carbonyl (C=O) groups excluding carboxylic acids is 1. The number of halogens is 3. The van der Waals surface area contributed by atoms with Crippen molar-refractivity contribution >= 4 is 11.9 Å². The molecule has 0 spiro atoms. The molecule has 0 aliphatic rings. The number of hydrogen-bond acceptors (Lipinski definition) is 2. The number of hydrogen-bond donors (Lipinski definition) is 2. The van der Waals surface area contributed by atoms with Gasteiger partial charge >= 0.3 is 12.1 Å². The summed E-state index contributed by atoms with van der Waals surface area (Å²) < 4.78 is 35.0. The molecule has 1 amide bonds. The average Bonchev–Trinajstić information content (AvgIpc) is 1.96. The summed E-state index contributed by atoms with van der Waals surface area (Å²) in [6, 6.07) is -1.26. The van der Waals surface area contributed by atoms with E-state index in [0.717, 1.165) is 0 Å². The highest BCUT2D eigenvalue weighted by molar-refractivity contribution is 5.83. The first-order valence-corrected chi connectivity index (χ1v) is 3.85. The van der Waals surface area contributed by atoms with Crippen LogP contribution in [0.5, 0.6) is 0 Å². The number of alkyl halides is 3. The average molecular weight is 213 g/mol. The highest BCUT2D eigenvalue weighted by Crippen LogP contribution is 2.19. The predicted molar refractivity (Wildman–Crippen MR) is 40.5 cm³/mol. The molecule has 4 nitrogen and oxygen atoms in total. The first kappa shape index (κ1) is 12.7. The third kappa shape index (κ3) is 5.39. The highest BCUT2D eigenvalue weighted by atomic mass is 19.4. The van der Waals surface area contributed by atoms with Crippen LogP contribution in [0.1, 0.15) is 19.8 Å². The van der Waals surface area contributed by atoms with Crippen LogP contribution in [0.3, 0.4) is 0 Å². The molecule has 0 rings (SSSR count). The van der Waals surface area contributed by atoms with E-state index >= 15 is 0 Å². The maximum Gasteiger partial charge on any atom is 0.397 e. The van der Waals surface area contributed by atoms with Gasteiger partial charge in [-0.1, -0.05) is 6.92 Å². The topological polar surface area (TPSA) is 66.4 Å². The molecule has 0 fully saturated rings. The number of nitrogens with one attached hydrogen (secondary N) is 1. The number of carboxylic acids is 1. The summed E-state index contributed by atoms with van der Waals surface area (Å²) in [5, 5.41) is 10.2. The molecule has 0 aromatic heterocycles. The smallest absolute Gasteiger partial charge is 0.397 e. The fourth-order valence-electron chi connectivity index (χ4n) is 0.766. The zero-order valence-corrected chi connectivity index (χ0v) is 7.39. The maximum absolute atomic E-state index is 11.7. The Kier molecular flexibility index (Phi) is 4.39. The Bertz CT molecular complexity index is 227. The van der Waals surface area contributed by atoms with E-state index in [4.69, 9.17) is 5.11 Å². The lowest BCUT2D eigenvalue weighted by molar-refractivity contribution is -0.156. The Balaban J connectivity index is 4.11. The summed E-state index contributed by atoms with van der Waals surface area (Å²) in [5.41, 5.74) is 0. The molecule has 7 heteroatoms. The van der Waals surface area contributed by atoms with E-state index in [0.29, 0.717) is 0 Å². The molecule has 0 heterocycles. The van der Waals surface area contributed by atoms with E-state index in [1.54, 1.807) is 5.32 Å². The van der Waals surface area contributed by atoms with Crippen molar-refractivity contribution in [3.05, 3.63) is 0 Å². The third-order valence-corrected chi connectivity index (χ3v) is 1.40. The quantitative estimate of drug-likeness (QED) is 0.729. The molecule has 2 N–H and O–H groups in total. The van der Waals surface area contributed by atoms with Crippen molar-refractivity contribution in [1.82, 2.24) is 5.32 Å². The summed E-state index contributed by atoms with van der Waals surface area (Å²) in [6.07, 6.45) is -6.23. The minimum absolute atomic E-state index is 0.0406. The first-order chi connectivity index (χ1) is 6.26. The van der Waals surface area contributed by atoms with E-state index < -0.39 is 30.5 Å². The van der Waals surface area contributed by atoms with Crippen LogP contribution in [-0.4, -0.2) is 29.2 Å². The van der Waals surface area contributed by atoms with Gasteiger partial charge in [-0.3, -0.25) is 4.79 Å². The third-order valence-electron chi connectivity index (χ3n) is 1.40. The molecule has 0 bridgehead atoms. The fraction of sp³-hybridized carbons (Fsp3) is 0.714. The van der Waals surface area contributed by atoms with Gasteiger partial charge < -0.3 is 10.4 Å². The number of carboxylic acid groups (broad SMARTS) is 1. The van der Waals surface area contributed by atoms with E-state index in [1.807, 2.05) is 0 Å². The molecule has 1 atom stereocenters. The summed E-state index contributed by atoms with van der Waals surface area (Å²) in [4.78, 5) is 21.0. The van der Waals surface area contributed by atoms with Gasteiger partial charge in [0.25, 0.3) is 0 Å². The van der Waals surface area contributed by atoms with Gasteiger partial charge in [0, 0.05) is 0 Å². The lowest BCUT2D eigenvalue weighted by atomic mass is 10.2. The van der Waals surface area contributed by atoms with Crippen LogP contribution in [-0.2, 0) is 9.59 Å². The number of rotatable bonds is 4. The molecular formula is C7H10F3NO3. The second-order valence-electron chi connectivity index (χ2n) is 2.66. The fourth-order valence-corrected chi connectivity index (χ4v) is 0.766. The van der Waals surface area contributed by atoms with Crippen LogP contribution in [0, 0.1) is 0 Å². The number of carbonyl (C=O) groups is 2. The van der Waals surface area contributed by atoms with Gasteiger partial charge in [-0.05, 0) is 6.42 Å². The van der Waals surface area contributed by atoms with Crippen LogP contribution in [0.4, 0.5) is 13.2 Å². The second-order valence-corrected chi connectivity index (χ2v) is 2.66. The second kappa shape index (κ2) is 4.83. The Hall–Kier alpha value is -1.27. The van der Waals surface area contributed by atoms with Crippen LogP contribution in [0.15, 0.2) is 0 Å². The lowest BCUT2D eigenvalue weighted by Gasteiger charge is -2.12. The minimum Gasteiger partial charge on any atom is -0.480 e. The molecule has 0 aromatic carbocycles. The van der Waals surface area contributed by atoms with Gasteiger partial charge in [0.1, 0.15) is 12.5 Å². The van der Waals surface area contributed by atoms with E-state index in [-0.39, 0.29) is 6.42 Å². The van der Waals surface area contributed by atoms with Crippen molar-refractivity contribution in [3.8, 4) is 0 Å². The van der Waals surface area contributed by atoms with E-state index in [2.05, 4.69) is 0 Å². The molecular weight excluding hydrogens is 203 g/mol. The Morgan fingerprint density at radius 2 is 1.93 bits per heavy atom. The van der Waals surface area contributed by atoms with Crippen molar-refractivity contribution in [2.75, 3.05) is 0 Å². The van der Waals surface area contributed by atoms with Crippen molar-refractivity contribution in [2.24, 2.45) is 0 Å². The van der Waals surface area contributed by atoms with Gasteiger partial charge in [0.05, 0.1) is 0 Å². The van der Waals surface area contributed by atoms with Gasteiger partial charge in [-0.15, -0.1) is 0 Å². The molecule has 0 aromatic rings. The molecule has 82 valence electrons. The summed E-state index contributed by atoms with van der Waals surface area (Å²) in [5.74, 6) is -2.67. The Labute approximate surface area is 78.1 Å². The predicted octanol–water partition coefficient (Wildman–Crippen LogP) is 0.918. The van der Waals surface area contributed by atoms with Crippen LogP contribution < -0.4 is 5.32 Å². The van der Waals surface area contributed by atoms with Crippen LogP contribution in [0.2, 0.25) is 0 Å². The SMILES string of the molecule is CC[C@H](NC(=O)CC(F)(F)F)C(=O)O. The largest absolute Gasteiger partial charge is 0.480 e. The molecule has 0 aliphatic heterocycles.